The lowest BCUT2D eigenvalue weighted by molar-refractivity contribution is 0.0720. The number of rotatable bonds is 5. The summed E-state index contributed by atoms with van der Waals surface area (Å²) >= 11 is 0. The molecule has 1 aromatic carbocycles. The number of aromatic nitrogens is 2. The van der Waals surface area contributed by atoms with Crippen LogP contribution < -0.4 is 0 Å². The minimum absolute atomic E-state index is 0.221. The van der Waals surface area contributed by atoms with Gasteiger partial charge in [0.15, 0.2) is 0 Å². The summed E-state index contributed by atoms with van der Waals surface area (Å²) in [6, 6.07) is 4.75. The number of ether oxygens (including phenoxy) is 1. The van der Waals surface area contributed by atoms with Crippen LogP contribution in [-0.4, -0.2) is 16.4 Å². The van der Waals surface area contributed by atoms with Crippen LogP contribution in [0.1, 0.15) is 26.0 Å². The van der Waals surface area contributed by atoms with E-state index in [4.69, 9.17) is 4.74 Å². The largest absolute Gasteiger partial charge is 0.359 e. The van der Waals surface area contributed by atoms with Crippen LogP contribution in [0.25, 0.3) is 10.9 Å². The maximum absolute atomic E-state index is 13.2. The molecule has 0 bridgehead atoms. The summed E-state index contributed by atoms with van der Waals surface area (Å²) in [5.41, 5.74) is 1.85. The molecule has 0 saturated carbocycles. The predicted octanol–water partition coefficient (Wildman–Crippen LogP) is 3.12. The molecule has 0 aliphatic rings. The van der Waals surface area contributed by atoms with Crippen molar-refractivity contribution in [2.75, 3.05) is 6.61 Å². The van der Waals surface area contributed by atoms with E-state index >= 15 is 0 Å². The molecule has 1 aromatic heterocycles. The average Bonchev–Trinajstić information content (AvgIpc) is 2.67. The first-order valence-electron chi connectivity index (χ1n) is 5.99. The molecule has 0 N–H and O–H groups in total. The number of nitrogens with zero attached hydrogens (tertiary/aromatic N) is 2. The quantitative estimate of drug-likeness (QED) is 0.746. The van der Waals surface area contributed by atoms with Gasteiger partial charge in [-0.2, -0.15) is 5.10 Å². The standard InChI is InChI=1S/C13H17FN2O/c1-3-7-17-9-16-13-6-5-10(14)8-11(13)12(4-2)15-16/h5-6,8H,3-4,7,9H2,1-2H3. The normalized spacial score (nSPS) is 11.2. The van der Waals surface area contributed by atoms with Crippen molar-refractivity contribution in [2.24, 2.45) is 0 Å². The van der Waals surface area contributed by atoms with Crippen molar-refractivity contribution in [1.82, 2.24) is 9.78 Å². The van der Waals surface area contributed by atoms with Gasteiger partial charge in [0.1, 0.15) is 12.5 Å². The van der Waals surface area contributed by atoms with E-state index in [1.54, 1.807) is 10.7 Å². The second-order valence-corrected chi connectivity index (χ2v) is 4.00. The highest BCUT2D eigenvalue weighted by molar-refractivity contribution is 5.82. The second kappa shape index (κ2) is 5.27. The molecular formula is C13H17FN2O. The zero-order valence-corrected chi connectivity index (χ0v) is 10.2. The second-order valence-electron chi connectivity index (χ2n) is 4.00. The topological polar surface area (TPSA) is 27.1 Å². The first-order valence-corrected chi connectivity index (χ1v) is 5.99. The van der Waals surface area contributed by atoms with Gasteiger partial charge in [-0.1, -0.05) is 13.8 Å². The molecule has 3 nitrogen and oxygen atoms in total. The van der Waals surface area contributed by atoms with Gasteiger partial charge in [0.25, 0.3) is 0 Å². The van der Waals surface area contributed by atoms with Crippen molar-refractivity contribution in [3.63, 3.8) is 0 Å². The molecule has 0 aliphatic heterocycles. The van der Waals surface area contributed by atoms with E-state index < -0.39 is 0 Å². The van der Waals surface area contributed by atoms with Crippen LogP contribution in [0, 0.1) is 5.82 Å². The number of fused-ring (bicyclic) bond motifs is 1. The summed E-state index contributed by atoms with van der Waals surface area (Å²) in [5.74, 6) is -0.221. The molecule has 0 amide bonds. The molecule has 0 spiro atoms. The van der Waals surface area contributed by atoms with Crippen molar-refractivity contribution < 1.29 is 9.13 Å². The lowest BCUT2D eigenvalue weighted by Gasteiger charge is -2.03. The Morgan fingerprint density at radius 1 is 1.35 bits per heavy atom. The van der Waals surface area contributed by atoms with Gasteiger partial charge < -0.3 is 4.74 Å². The minimum Gasteiger partial charge on any atom is -0.359 e. The van der Waals surface area contributed by atoms with Crippen LogP contribution >= 0.6 is 0 Å². The zero-order chi connectivity index (χ0) is 12.3. The van der Waals surface area contributed by atoms with Gasteiger partial charge >= 0.3 is 0 Å². The van der Waals surface area contributed by atoms with Gasteiger partial charge in [0.05, 0.1) is 11.2 Å². The molecule has 0 aliphatic carbocycles. The molecule has 4 heteroatoms. The van der Waals surface area contributed by atoms with E-state index in [9.17, 15) is 4.39 Å². The zero-order valence-electron chi connectivity index (χ0n) is 10.2. The Morgan fingerprint density at radius 2 is 2.18 bits per heavy atom. The van der Waals surface area contributed by atoms with Crippen molar-refractivity contribution >= 4 is 10.9 Å². The van der Waals surface area contributed by atoms with Crippen LogP contribution in [0.2, 0.25) is 0 Å². The van der Waals surface area contributed by atoms with E-state index in [-0.39, 0.29) is 5.82 Å². The molecule has 0 fully saturated rings. The summed E-state index contributed by atoms with van der Waals surface area (Å²) in [5, 5.41) is 5.33. The van der Waals surface area contributed by atoms with Crippen LogP contribution in [0.3, 0.4) is 0 Å². The highest BCUT2D eigenvalue weighted by atomic mass is 19.1. The van der Waals surface area contributed by atoms with E-state index in [1.165, 1.54) is 12.1 Å². The van der Waals surface area contributed by atoms with Crippen LogP contribution in [-0.2, 0) is 17.9 Å². The third kappa shape index (κ3) is 2.47. The Hall–Kier alpha value is -1.42. The van der Waals surface area contributed by atoms with Crippen LogP contribution in [0.5, 0.6) is 0 Å². The van der Waals surface area contributed by atoms with Crippen LogP contribution in [0.4, 0.5) is 4.39 Å². The lowest BCUT2D eigenvalue weighted by Crippen LogP contribution is -2.05. The number of halogens is 1. The molecule has 0 radical (unpaired) electrons. The fraction of sp³-hybridized carbons (Fsp3) is 0.462. The predicted molar refractivity (Wildman–Crippen MR) is 65.3 cm³/mol. The van der Waals surface area contributed by atoms with Gasteiger partial charge in [-0.05, 0) is 31.0 Å². The Kier molecular flexibility index (Phi) is 3.74. The Bertz CT molecular complexity index is 507. The van der Waals surface area contributed by atoms with Crippen molar-refractivity contribution in [1.29, 1.82) is 0 Å². The third-order valence-corrected chi connectivity index (χ3v) is 2.69. The monoisotopic (exact) mass is 236 g/mol. The fourth-order valence-electron chi connectivity index (χ4n) is 1.87. The molecule has 0 saturated heterocycles. The Morgan fingerprint density at radius 3 is 2.88 bits per heavy atom. The molecule has 2 rings (SSSR count). The van der Waals surface area contributed by atoms with E-state index in [0.29, 0.717) is 13.3 Å². The highest BCUT2D eigenvalue weighted by Gasteiger charge is 2.09. The van der Waals surface area contributed by atoms with Gasteiger partial charge in [-0.15, -0.1) is 0 Å². The van der Waals surface area contributed by atoms with Crippen LogP contribution in [0.15, 0.2) is 18.2 Å². The van der Waals surface area contributed by atoms with Gasteiger partial charge in [0.2, 0.25) is 0 Å². The summed E-state index contributed by atoms with van der Waals surface area (Å²) in [6.07, 6.45) is 1.77. The molecule has 17 heavy (non-hydrogen) atoms. The average molecular weight is 236 g/mol. The van der Waals surface area contributed by atoms with Gasteiger partial charge in [-0.3, -0.25) is 0 Å². The number of hydrogen-bond donors (Lipinski definition) is 0. The number of aryl methyl sites for hydroxylation is 1. The molecule has 0 unspecified atom stereocenters. The Balaban J connectivity index is 2.35. The molecule has 92 valence electrons. The Labute approximate surface area is 100 Å². The molecule has 0 atom stereocenters. The first-order chi connectivity index (χ1) is 8.26. The molecule has 2 aromatic rings. The summed E-state index contributed by atoms with van der Waals surface area (Å²) in [6.45, 7) is 5.22. The van der Waals surface area contributed by atoms with Gasteiger partial charge in [0, 0.05) is 12.0 Å². The fourth-order valence-corrected chi connectivity index (χ4v) is 1.87. The maximum atomic E-state index is 13.2. The van der Waals surface area contributed by atoms with Gasteiger partial charge in [-0.25, -0.2) is 9.07 Å². The summed E-state index contributed by atoms with van der Waals surface area (Å²) in [4.78, 5) is 0. The molecule has 1 heterocycles. The SMILES string of the molecule is CCCOCn1nc(CC)c2cc(F)ccc21. The van der Waals surface area contributed by atoms with E-state index in [2.05, 4.69) is 12.0 Å². The smallest absolute Gasteiger partial charge is 0.140 e. The minimum atomic E-state index is -0.221. The number of hydrogen-bond acceptors (Lipinski definition) is 2. The highest BCUT2D eigenvalue weighted by Crippen LogP contribution is 2.20. The van der Waals surface area contributed by atoms with Crippen molar-refractivity contribution in [3.05, 3.63) is 29.7 Å². The van der Waals surface area contributed by atoms with E-state index in [0.717, 1.165) is 29.4 Å². The lowest BCUT2D eigenvalue weighted by atomic mass is 10.2. The van der Waals surface area contributed by atoms with Crippen molar-refractivity contribution in [2.45, 2.75) is 33.4 Å². The molecular weight excluding hydrogens is 219 g/mol. The third-order valence-electron chi connectivity index (χ3n) is 2.69. The maximum Gasteiger partial charge on any atom is 0.140 e. The summed E-state index contributed by atoms with van der Waals surface area (Å²) < 4.78 is 20.5. The number of benzene rings is 1. The van der Waals surface area contributed by atoms with E-state index in [1.807, 2.05) is 6.92 Å². The summed E-state index contributed by atoms with van der Waals surface area (Å²) in [7, 11) is 0. The first kappa shape index (κ1) is 12.0. The van der Waals surface area contributed by atoms with Crippen molar-refractivity contribution in [3.8, 4) is 0 Å².